The van der Waals surface area contributed by atoms with Crippen LogP contribution in [-0.2, 0) is 4.74 Å². The zero-order valence-corrected chi connectivity index (χ0v) is 12.3. The smallest absolute Gasteiger partial charge is 0.340 e. The van der Waals surface area contributed by atoms with E-state index in [1.54, 1.807) is 6.07 Å². The number of nitrogens with two attached hydrogens (primary N) is 1. The molecule has 110 valence electrons. The molecule has 0 spiro atoms. The summed E-state index contributed by atoms with van der Waals surface area (Å²) >= 11 is 0. The number of hydrogen-bond acceptors (Lipinski definition) is 4. The predicted molar refractivity (Wildman–Crippen MR) is 81.8 cm³/mol. The fourth-order valence-electron chi connectivity index (χ4n) is 3.01. The minimum Gasteiger partial charge on any atom is -0.465 e. The molecule has 0 saturated heterocycles. The van der Waals surface area contributed by atoms with Crippen molar-refractivity contribution in [2.45, 2.75) is 32.6 Å². The van der Waals surface area contributed by atoms with Crippen LogP contribution in [0.25, 0.3) is 0 Å². The first-order valence-corrected chi connectivity index (χ1v) is 7.32. The number of ether oxygens (including phenoxy) is 1. The van der Waals surface area contributed by atoms with Crippen molar-refractivity contribution in [1.29, 1.82) is 0 Å². The Labute approximate surface area is 120 Å². The lowest BCUT2D eigenvalue weighted by molar-refractivity contribution is 0.0602. The van der Waals surface area contributed by atoms with E-state index in [2.05, 4.69) is 12.2 Å². The van der Waals surface area contributed by atoms with Gasteiger partial charge in [0.05, 0.1) is 24.0 Å². The Morgan fingerprint density at radius 1 is 1.45 bits per heavy atom. The second-order valence-corrected chi connectivity index (χ2v) is 5.78. The molecule has 20 heavy (non-hydrogen) atoms. The van der Waals surface area contributed by atoms with Gasteiger partial charge < -0.3 is 15.8 Å². The van der Waals surface area contributed by atoms with E-state index in [1.165, 1.54) is 32.8 Å². The summed E-state index contributed by atoms with van der Waals surface area (Å²) in [5.74, 6) is 1.12. The van der Waals surface area contributed by atoms with E-state index in [-0.39, 0.29) is 0 Å². The molecule has 4 heteroatoms. The van der Waals surface area contributed by atoms with Crippen LogP contribution in [0.4, 0.5) is 11.4 Å². The molecular weight excluding hydrogens is 252 g/mol. The Kier molecular flexibility index (Phi) is 4.88. The Morgan fingerprint density at radius 3 is 2.95 bits per heavy atom. The molecule has 2 unspecified atom stereocenters. The number of nitrogen functional groups attached to an aromatic ring is 1. The van der Waals surface area contributed by atoms with Crippen molar-refractivity contribution in [3.8, 4) is 0 Å². The highest BCUT2D eigenvalue weighted by Crippen LogP contribution is 2.30. The van der Waals surface area contributed by atoms with Crippen LogP contribution in [0.15, 0.2) is 18.2 Å². The van der Waals surface area contributed by atoms with Crippen LogP contribution >= 0.6 is 0 Å². The first-order chi connectivity index (χ1) is 9.61. The van der Waals surface area contributed by atoms with Gasteiger partial charge in [0.1, 0.15) is 0 Å². The van der Waals surface area contributed by atoms with Gasteiger partial charge in [-0.15, -0.1) is 0 Å². The molecule has 0 bridgehead atoms. The predicted octanol–water partition coefficient (Wildman–Crippen LogP) is 3.29. The number of esters is 1. The van der Waals surface area contributed by atoms with E-state index in [0.29, 0.717) is 17.2 Å². The molecule has 2 atom stereocenters. The molecule has 0 radical (unpaired) electrons. The lowest BCUT2D eigenvalue weighted by Gasteiger charge is -2.27. The molecule has 0 aromatic heterocycles. The molecule has 1 saturated carbocycles. The average Bonchev–Trinajstić information content (AvgIpc) is 2.45. The third-order valence-electron chi connectivity index (χ3n) is 4.14. The maximum Gasteiger partial charge on any atom is 0.340 e. The Hall–Kier alpha value is -1.71. The van der Waals surface area contributed by atoms with Gasteiger partial charge in [-0.2, -0.15) is 0 Å². The van der Waals surface area contributed by atoms with Gasteiger partial charge in [0.15, 0.2) is 0 Å². The van der Waals surface area contributed by atoms with Crippen LogP contribution < -0.4 is 11.1 Å². The number of carbonyl (C=O) groups is 1. The van der Waals surface area contributed by atoms with E-state index in [0.717, 1.165) is 18.2 Å². The highest BCUT2D eigenvalue weighted by molar-refractivity contribution is 5.98. The Bertz CT molecular complexity index is 474. The standard InChI is InChI=1S/C16H24N2O2/c1-11-5-3-6-12(9-11)10-18-14-8-4-7-13(15(14)17)16(19)20-2/h4,7-8,11-12,18H,3,5-6,9-10,17H2,1-2H3. The summed E-state index contributed by atoms with van der Waals surface area (Å²) in [4.78, 5) is 11.6. The highest BCUT2D eigenvalue weighted by Gasteiger charge is 2.19. The summed E-state index contributed by atoms with van der Waals surface area (Å²) in [6.45, 7) is 3.23. The fraction of sp³-hybridized carbons (Fsp3) is 0.562. The first kappa shape index (κ1) is 14.7. The molecule has 2 rings (SSSR count). The molecule has 1 fully saturated rings. The molecule has 1 aromatic rings. The third-order valence-corrected chi connectivity index (χ3v) is 4.14. The van der Waals surface area contributed by atoms with Crippen molar-refractivity contribution in [3.05, 3.63) is 23.8 Å². The SMILES string of the molecule is COC(=O)c1cccc(NCC2CCCC(C)C2)c1N. The summed E-state index contributed by atoms with van der Waals surface area (Å²) in [6.07, 6.45) is 5.19. The van der Waals surface area contributed by atoms with Crippen molar-refractivity contribution in [2.75, 3.05) is 24.7 Å². The number of methoxy groups -OCH3 is 1. The van der Waals surface area contributed by atoms with E-state index in [9.17, 15) is 4.79 Å². The van der Waals surface area contributed by atoms with Gasteiger partial charge in [0.25, 0.3) is 0 Å². The number of carbonyl (C=O) groups excluding carboxylic acids is 1. The summed E-state index contributed by atoms with van der Waals surface area (Å²) < 4.78 is 4.73. The van der Waals surface area contributed by atoms with Crippen LogP contribution in [0.5, 0.6) is 0 Å². The van der Waals surface area contributed by atoms with Gasteiger partial charge in [-0.25, -0.2) is 4.79 Å². The van der Waals surface area contributed by atoms with E-state index in [1.807, 2.05) is 12.1 Å². The van der Waals surface area contributed by atoms with Crippen molar-refractivity contribution in [2.24, 2.45) is 11.8 Å². The van der Waals surface area contributed by atoms with Crippen molar-refractivity contribution in [3.63, 3.8) is 0 Å². The largest absolute Gasteiger partial charge is 0.465 e. The van der Waals surface area contributed by atoms with Gasteiger partial charge in [0.2, 0.25) is 0 Å². The zero-order chi connectivity index (χ0) is 14.5. The molecule has 3 N–H and O–H groups in total. The van der Waals surface area contributed by atoms with Crippen LogP contribution in [0.2, 0.25) is 0 Å². The van der Waals surface area contributed by atoms with Gasteiger partial charge in [0, 0.05) is 6.54 Å². The van der Waals surface area contributed by atoms with Crippen molar-refractivity contribution >= 4 is 17.3 Å². The number of benzene rings is 1. The monoisotopic (exact) mass is 276 g/mol. The second-order valence-electron chi connectivity index (χ2n) is 5.78. The molecule has 1 aliphatic rings. The summed E-state index contributed by atoms with van der Waals surface area (Å²) in [6, 6.07) is 5.43. The summed E-state index contributed by atoms with van der Waals surface area (Å²) in [5, 5.41) is 3.39. The number of nitrogens with one attached hydrogen (secondary N) is 1. The fourth-order valence-corrected chi connectivity index (χ4v) is 3.01. The first-order valence-electron chi connectivity index (χ1n) is 7.32. The lowest BCUT2D eigenvalue weighted by Crippen LogP contribution is -2.21. The molecule has 1 aliphatic carbocycles. The van der Waals surface area contributed by atoms with Crippen LogP contribution in [0.3, 0.4) is 0 Å². The van der Waals surface area contributed by atoms with Gasteiger partial charge in [-0.1, -0.05) is 25.8 Å². The number of anilines is 2. The summed E-state index contributed by atoms with van der Waals surface area (Å²) in [7, 11) is 1.37. The van der Waals surface area contributed by atoms with Crippen LogP contribution in [0, 0.1) is 11.8 Å². The van der Waals surface area contributed by atoms with Crippen LogP contribution in [0.1, 0.15) is 43.0 Å². The minimum absolute atomic E-state index is 0.391. The van der Waals surface area contributed by atoms with Crippen LogP contribution in [-0.4, -0.2) is 19.6 Å². The quantitative estimate of drug-likeness (QED) is 0.654. The maximum absolute atomic E-state index is 11.6. The highest BCUT2D eigenvalue weighted by atomic mass is 16.5. The van der Waals surface area contributed by atoms with E-state index >= 15 is 0 Å². The molecule has 4 nitrogen and oxygen atoms in total. The molecule has 0 heterocycles. The van der Waals surface area contributed by atoms with E-state index in [4.69, 9.17) is 10.5 Å². The normalized spacial score (nSPS) is 22.3. The minimum atomic E-state index is -0.391. The number of hydrogen-bond donors (Lipinski definition) is 2. The van der Waals surface area contributed by atoms with Gasteiger partial charge in [-0.3, -0.25) is 0 Å². The Balaban J connectivity index is 2.01. The van der Waals surface area contributed by atoms with Gasteiger partial charge >= 0.3 is 5.97 Å². The van der Waals surface area contributed by atoms with Crippen molar-refractivity contribution < 1.29 is 9.53 Å². The number of rotatable bonds is 4. The lowest BCUT2D eigenvalue weighted by atomic mass is 9.82. The number of para-hydroxylation sites is 1. The van der Waals surface area contributed by atoms with Gasteiger partial charge in [-0.05, 0) is 36.8 Å². The average molecular weight is 276 g/mol. The maximum atomic E-state index is 11.6. The molecule has 0 amide bonds. The zero-order valence-electron chi connectivity index (χ0n) is 12.3. The Morgan fingerprint density at radius 2 is 2.25 bits per heavy atom. The topological polar surface area (TPSA) is 64.3 Å². The molecular formula is C16H24N2O2. The summed E-state index contributed by atoms with van der Waals surface area (Å²) in [5.41, 5.74) is 7.77. The second kappa shape index (κ2) is 6.64. The third kappa shape index (κ3) is 3.44. The van der Waals surface area contributed by atoms with E-state index < -0.39 is 5.97 Å². The molecule has 0 aliphatic heterocycles. The molecule has 1 aromatic carbocycles. The van der Waals surface area contributed by atoms with Crippen molar-refractivity contribution in [1.82, 2.24) is 0 Å².